The minimum atomic E-state index is -0.468. The van der Waals surface area contributed by atoms with Crippen molar-refractivity contribution in [3.8, 4) is 5.75 Å². The Bertz CT molecular complexity index is 1780. The first-order valence-electron chi connectivity index (χ1n) is 13.9. The molecule has 7 heteroatoms. The maximum atomic E-state index is 13.6. The highest BCUT2D eigenvalue weighted by atomic mass is 32.2. The predicted octanol–water partition coefficient (Wildman–Crippen LogP) is 7.62. The van der Waals surface area contributed by atoms with E-state index in [2.05, 4.69) is 10.6 Å². The van der Waals surface area contributed by atoms with Crippen molar-refractivity contribution < 1.29 is 19.1 Å². The van der Waals surface area contributed by atoms with E-state index in [9.17, 15) is 14.4 Å². The molecule has 0 unspecified atom stereocenters. The zero-order chi connectivity index (χ0) is 30.0. The third-order valence-electron chi connectivity index (χ3n) is 6.60. The molecular formula is C36H30N2O4S. The highest BCUT2D eigenvalue weighted by molar-refractivity contribution is 8.00. The molecule has 2 N–H and O–H groups in total. The molecule has 0 radical (unpaired) electrons. The molecule has 0 saturated carbocycles. The number of hydrogen-bond acceptors (Lipinski definition) is 5. The molecule has 0 aliphatic rings. The summed E-state index contributed by atoms with van der Waals surface area (Å²) in [6.07, 6.45) is 1.69. The van der Waals surface area contributed by atoms with E-state index in [0.29, 0.717) is 23.4 Å². The number of thioether (sulfide) groups is 1. The van der Waals surface area contributed by atoms with Crippen molar-refractivity contribution >= 4 is 51.9 Å². The van der Waals surface area contributed by atoms with Crippen LogP contribution in [0.1, 0.15) is 33.2 Å². The van der Waals surface area contributed by atoms with Crippen LogP contribution in [0.2, 0.25) is 0 Å². The van der Waals surface area contributed by atoms with Crippen molar-refractivity contribution in [2.75, 3.05) is 17.7 Å². The first-order valence-corrected chi connectivity index (χ1v) is 14.8. The van der Waals surface area contributed by atoms with Gasteiger partial charge in [-0.3, -0.25) is 14.4 Å². The van der Waals surface area contributed by atoms with Gasteiger partial charge in [0.1, 0.15) is 11.4 Å². The molecule has 0 heterocycles. The molecule has 6 nitrogen and oxygen atoms in total. The number of ketones is 1. The maximum absolute atomic E-state index is 13.6. The Morgan fingerprint density at radius 2 is 1.49 bits per heavy atom. The van der Waals surface area contributed by atoms with Gasteiger partial charge in [-0.25, -0.2) is 0 Å². The Labute approximate surface area is 254 Å². The molecule has 214 valence electrons. The van der Waals surface area contributed by atoms with E-state index in [4.69, 9.17) is 4.74 Å². The van der Waals surface area contributed by atoms with Gasteiger partial charge in [-0.1, -0.05) is 66.7 Å². The second-order valence-corrected chi connectivity index (χ2v) is 10.6. The standard InChI is InChI=1S/C36H30N2O4S/c1-2-42-30-20-18-26(19-21-30)34(39)24-43-31-16-9-15-29(23-31)37-36(41)33(38-35(40)27-11-4-3-5-12-27)22-28-14-8-13-25-10-6-7-17-32(25)28/h3-23H,2,24H2,1H3,(H,37,41)(H,38,40)/b33-22-. The number of anilines is 1. The van der Waals surface area contributed by atoms with Gasteiger partial charge in [0, 0.05) is 21.7 Å². The molecule has 0 saturated heterocycles. The van der Waals surface area contributed by atoms with E-state index in [1.54, 1.807) is 60.7 Å². The number of amides is 2. The molecule has 0 atom stereocenters. The third-order valence-corrected chi connectivity index (χ3v) is 7.59. The van der Waals surface area contributed by atoms with Gasteiger partial charge in [0.2, 0.25) is 0 Å². The molecule has 0 bridgehead atoms. The molecule has 0 fully saturated rings. The predicted molar refractivity (Wildman–Crippen MR) is 174 cm³/mol. The van der Waals surface area contributed by atoms with Gasteiger partial charge in [-0.15, -0.1) is 11.8 Å². The monoisotopic (exact) mass is 586 g/mol. The molecule has 0 aromatic heterocycles. The molecule has 43 heavy (non-hydrogen) atoms. The van der Waals surface area contributed by atoms with Gasteiger partial charge >= 0.3 is 0 Å². The largest absolute Gasteiger partial charge is 0.494 e. The molecule has 0 aliphatic heterocycles. The van der Waals surface area contributed by atoms with Crippen molar-refractivity contribution in [1.82, 2.24) is 5.32 Å². The Morgan fingerprint density at radius 1 is 0.767 bits per heavy atom. The number of ether oxygens (including phenoxy) is 1. The van der Waals surface area contributed by atoms with E-state index >= 15 is 0 Å². The zero-order valence-electron chi connectivity index (χ0n) is 23.6. The highest BCUT2D eigenvalue weighted by Crippen LogP contribution is 2.25. The van der Waals surface area contributed by atoms with E-state index in [-0.39, 0.29) is 23.1 Å². The fraction of sp³-hybridized carbons (Fsp3) is 0.0833. The summed E-state index contributed by atoms with van der Waals surface area (Å²) in [4.78, 5) is 40.2. The molecule has 0 spiro atoms. The summed E-state index contributed by atoms with van der Waals surface area (Å²) < 4.78 is 5.45. The van der Waals surface area contributed by atoms with Gasteiger partial charge in [0.15, 0.2) is 5.78 Å². The summed E-state index contributed by atoms with van der Waals surface area (Å²) >= 11 is 1.38. The lowest BCUT2D eigenvalue weighted by Crippen LogP contribution is -2.30. The van der Waals surface area contributed by atoms with Gasteiger partial charge in [0.25, 0.3) is 11.8 Å². The van der Waals surface area contributed by atoms with Crippen LogP contribution in [0, 0.1) is 0 Å². The Hall–Kier alpha value is -5.14. The SMILES string of the molecule is CCOc1ccc(C(=O)CSc2cccc(NC(=O)/C(=C/c3cccc4ccccc34)NC(=O)c3ccccc3)c2)cc1. The number of nitrogens with one attached hydrogen (secondary N) is 2. The van der Waals surface area contributed by atoms with Crippen LogP contribution < -0.4 is 15.4 Å². The molecule has 5 rings (SSSR count). The number of benzene rings is 5. The van der Waals surface area contributed by atoms with Crippen LogP contribution >= 0.6 is 11.8 Å². The number of rotatable bonds is 11. The molecule has 5 aromatic rings. The number of fused-ring (bicyclic) bond motifs is 1. The van der Waals surface area contributed by atoms with Crippen molar-refractivity contribution in [3.63, 3.8) is 0 Å². The normalized spacial score (nSPS) is 11.1. The Morgan fingerprint density at radius 3 is 2.28 bits per heavy atom. The van der Waals surface area contributed by atoms with Gasteiger partial charge in [-0.2, -0.15) is 0 Å². The van der Waals surface area contributed by atoms with Crippen LogP contribution in [-0.4, -0.2) is 30.0 Å². The fourth-order valence-electron chi connectivity index (χ4n) is 4.47. The molecular weight excluding hydrogens is 556 g/mol. The molecule has 0 aliphatic carbocycles. The first-order chi connectivity index (χ1) is 21.0. The number of hydrogen-bond donors (Lipinski definition) is 2. The first kappa shape index (κ1) is 29.4. The van der Waals surface area contributed by atoms with Crippen molar-refractivity contribution in [1.29, 1.82) is 0 Å². The quantitative estimate of drug-likeness (QED) is 0.0945. The molecule has 2 amide bonds. The maximum Gasteiger partial charge on any atom is 0.272 e. The summed E-state index contributed by atoms with van der Waals surface area (Å²) in [5.41, 5.74) is 2.50. The highest BCUT2D eigenvalue weighted by Gasteiger charge is 2.16. The third kappa shape index (κ3) is 7.78. The minimum Gasteiger partial charge on any atom is -0.494 e. The van der Waals surface area contributed by atoms with Crippen LogP contribution in [0.5, 0.6) is 5.75 Å². The lowest BCUT2D eigenvalue weighted by atomic mass is 10.0. The van der Waals surface area contributed by atoms with Crippen molar-refractivity contribution in [3.05, 3.63) is 144 Å². The summed E-state index contributed by atoms with van der Waals surface area (Å²) in [7, 11) is 0. The summed E-state index contributed by atoms with van der Waals surface area (Å²) in [6.45, 7) is 2.48. The van der Waals surface area contributed by atoms with Crippen LogP contribution in [0.15, 0.2) is 132 Å². The van der Waals surface area contributed by atoms with E-state index in [1.165, 1.54) is 11.8 Å². The van der Waals surface area contributed by atoms with E-state index in [1.807, 2.05) is 73.7 Å². The van der Waals surface area contributed by atoms with E-state index < -0.39 is 5.91 Å². The lowest BCUT2D eigenvalue weighted by Gasteiger charge is -2.13. The van der Waals surface area contributed by atoms with Crippen LogP contribution in [0.3, 0.4) is 0 Å². The number of Topliss-reactive ketones (excluding diaryl/α,β-unsaturated/α-hetero) is 1. The van der Waals surface area contributed by atoms with Gasteiger partial charge < -0.3 is 15.4 Å². The van der Waals surface area contributed by atoms with Gasteiger partial charge in [-0.05, 0) is 83.9 Å². The van der Waals surface area contributed by atoms with Crippen LogP contribution in [0.4, 0.5) is 5.69 Å². The Kier molecular flexibility index (Phi) is 9.67. The Balaban J connectivity index is 1.33. The van der Waals surface area contributed by atoms with Crippen molar-refractivity contribution in [2.45, 2.75) is 11.8 Å². The fourth-order valence-corrected chi connectivity index (χ4v) is 5.32. The average Bonchev–Trinajstić information content (AvgIpc) is 3.04. The van der Waals surface area contributed by atoms with Gasteiger partial charge in [0.05, 0.1) is 12.4 Å². The summed E-state index contributed by atoms with van der Waals surface area (Å²) in [5.74, 6) is 0.102. The molecule has 5 aromatic carbocycles. The van der Waals surface area contributed by atoms with Crippen LogP contribution in [0.25, 0.3) is 16.8 Å². The van der Waals surface area contributed by atoms with E-state index in [0.717, 1.165) is 27.0 Å². The lowest BCUT2D eigenvalue weighted by molar-refractivity contribution is -0.113. The number of carbonyl (C=O) groups is 3. The van der Waals surface area contributed by atoms with Crippen LogP contribution in [-0.2, 0) is 4.79 Å². The summed E-state index contributed by atoms with van der Waals surface area (Å²) in [6, 6.07) is 36.8. The second kappa shape index (κ2) is 14.2. The smallest absolute Gasteiger partial charge is 0.272 e. The average molecular weight is 587 g/mol. The topological polar surface area (TPSA) is 84.5 Å². The minimum absolute atomic E-state index is 0.00795. The van der Waals surface area contributed by atoms with Crippen molar-refractivity contribution in [2.24, 2.45) is 0 Å². The number of carbonyl (C=O) groups excluding carboxylic acids is 3. The zero-order valence-corrected chi connectivity index (χ0v) is 24.4. The second-order valence-electron chi connectivity index (χ2n) is 9.60. The summed E-state index contributed by atoms with van der Waals surface area (Å²) in [5, 5.41) is 7.69.